The molecule has 4 rings (SSSR count). The van der Waals surface area contributed by atoms with Gasteiger partial charge >= 0.3 is 0 Å². The van der Waals surface area contributed by atoms with Crippen molar-refractivity contribution in [3.63, 3.8) is 0 Å². The molecule has 1 heterocycles. The minimum absolute atomic E-state index is 0.179. The molecule has 0 radical (unpaired) electrons. The first-order chi connectivity index (χ1) is 13.5. The van der Waals surface area contributed by atoms with E-state index in [0.29, 0.717) is 0 Å². The van der Waals surface area contributed by atoms with Gasteiger partial charge in [-0.05, 0) is 53.9 Å². The van der Waals surface area contributed by atoms with Crippen LogP contribution < -0.4 is 10.1 Å². The summed E-state index contributed by atoms with van der Waals surface area (Å²) in [6.45, 7) is 6.37. The molecule has 0 spiro atoms. The molecule has 0 bridgehead atoms. The number of aryl methyl sites for hydroxylation is 2. The first kappa shape index (κ1) is 18.4. The average Bonchev–Trinajstić information content (AvgIpc) is 3.17. The summed E-state index contributed by atoms with van der Waals surface area (Å²) in [7, 11) is 1.69. The molecule has 4 nitrogen and oxygen atoms in total. The Labute approximate surface area is 169 Å². The molecule has 142 valence electrons. The van der Waals surface area contributed by atoms with E-state index >= 15 is 0 Å². The predicted molar refractivity (Wildman–Crippen MR) is 117 cm³/mol. The Bertz CT molecular complexity index is 1140. The van der Waals surface area contributed by atoms with Gasteiger partial charge in [0.2, 0.25) is 5.13 Å². The molecule has 0 saturated heterocycles. The second-order valence-corrected chi connectivity index (χ2v) is 8.09. The lowest BCUT2D eigenvalue weighted by Crippen LogP contribution is -1.95. The third-order valence-corrected chi connectivity index (χ3v) is 6.03. The zero-order chi connectivity index (χ0) is 19.7. The number of anilines is 2. The van der Waals surface area contributed by atoms with Crippen molar-refractivity contribution < 1.29 is 4.74 Å². The summed E-state index contributed by atoms with van der Waals surface area (Å²) in [5, 5.41) is 16.4. The monoisotopic (exact) mass is 389 g/mol. The molecule has 0 aliphatic heterocycles. The second-order valence-electron chi connectivity index (χ2n) is 7.08. The number of methoxy groups -OCH3 is 1. The standard InChI is InChI=1S/C23H23N3OS/c1-14-5-10-21(15(2)11-14)24-23-26-25-22(28-23)16(3)17-6-7-19-13-20(27-4)9-8-18(19)12-17/h5-13,16H,1-4H3,(H,24,26). The van der Waals surface area contributed by atoms with Crippen LogP contribution in [-0.4, -0.2) is 17.3 Å². The third kappa shape index (κ3) is 3.71. The molecule has 28 heavy (non-hydrogen) atoms. The number of hydrogen-bond donors (Lipinski definition) is 1. The Kier molecular flexibility index (Phi) is 5.01. The molecule has 1 aromatic heterocycles. The highest BCUT2D eigenvalue weighted by atomic mass is 32.1. The summed E-state index contributed by atoms with van der Waals surface area (Å²) in [5.41, 5.74) is 4.76. The topological polar surface area (TPSA) is 47.0 Å². The summed E-state index contributed by atoms with van der Waals surface area (Å²) in [4.78, 5) is 0. The van der Waals surface area contributed by atoms with Gasteiger partial charge in [-0.25, -0.2) is 0 Å². The van der Waals surface area contributed by atoms with E-state index in [1.54, 1.807) is 18.4 Å². The fourth-order valence-electron chi connectivity index (χ4n) is 3.31. The SMILES string of the molecule is COc1ccc2cc(C(C)c3nnc(Nc4ccc(C)cc4C)s3)ccc2c1. The van der Waals surface area contributed by atoms with Gasteiger partial charge in [-0.15, -0.1) is 10.2 Å². The van der Waals surface area contributed by atoms with Crippen LogP contribution in [0.5, 0.6) is 5.75 Å². The summed E-state index contributed by atoms with van der Waals surface area (Å²) in [5.74, 6) is 1.05. The molecule has 1 unspecified atom stereocenters. The minimum atomic E-state index is 0.179. The van der Waals surface area contributed by atoms with Gasteiger partial charge in [-0.3, -0.25) is 0 Å². The molecule has 5 heteroatoms. The summed E-state index contributed by atoms with van der Waals surface area (Å²) >= 11 is 1.60. The minimum Gasteiger partial charge on any atom is -0.497 e. The van der Waals surface area contributed by atoms with Gasteiger partial charge in [0, 0.05) is 11.6 Å². The molecular weight excluding hydrogens is 366 g/mol. The quantitative estimate of drug-likeness (QED) is 0.441. The number of rotatable bonds is 5. The van der Waals surface area contributed by atoms with E-state index < -0.39 is 0 Å². The number of benzene rings is 3. The maximum atomic E-state index is 5.31. The van der Waals surface area contributed by atoms with E-state index in [1.807, 2.05) is 6.07 Å². The maximum absolute atomic E-state index is 5.31. The van der Waals surface area contributed by atoms with E-state index in [4.69, 9.17) is 4.74 Å². The highest BCUT2D eigenvalue weighted by Crippen LogP contribution is 2.32. The number of ether oxygens (including phenoxy) is 1. The number of fused-ring (bicyclic) bond motifs is 1. The first-order valence-electron chi connectivity index (χ1n) is 9.29. The molecule has 1 atom stereocenters. The normalized spacial score (nSPS) is 12.1. The maximum Gasteiger partial charge on any atom is 0.210 e. The van der Waals surface area contributed by atoms with Crippen LogP contribution in [0.3, 0.4) is 0 Å². The van der Waals surface area contributed by atoms with Crippen molar-refractivity contribution in [1.82, 2.24) is 10.2 Å². The molecule has 1 N–H and O–H groups in total. The predicted octanol–water partition coefficient (Wildman–Crippen LogP) is 6.21. The zero-order valence-corrected chi connectivity index (χ0v) is 17.3. The largest absolute Gasteiger partial charge is 0.497 e. The van der Waals surface area contributed by atoms with Crippen molar-refractivity contribution in [2.75, 3.05) is 12.4 Å². The highest BCUT2D eigenvalue weighted by Gasteiger charge is 2.15. The van der Waals surface area contributed by atoms with Crippen molar-refractivity contribution in [2.45, 2.75) is 26.7 Å². The van der Waals surface area contributed by atoms with E-state index in [2.05, 4.69) is 84.8 Å². The molecule has 0 aliphatic rings. The Morgan fingerprint density at radius 1 is 0.929 bits per heavy atom. The lowest BCUT2D eigenvalue weighted by molar-refractivity contribution is 0.415. The van der Waals surface area contributed by atoms with Crippen LogP contribution in [0, 0.1) is 13.8 Å². The van der Waals surface area contributed by atoms with Gasteiger partial charge < -0.3 is 10.1 Å². The number of nitrogens with one attached hydrogen (secondary N) is 1. The van der Waals surface area contributed by atoms with Gasteiger partial charge in [0.15, 0.2) is 0 Å². The van der Waals surface area contributed by atoms with Crippen molar-refractivity contribution in [3.05, 3.63) is 76.3 Å². The summed E-state index contributed by atoms with van der Waals surface area (Å²) in [6.07, 6.45) is 0. The third-order valence-electron chi connectivity index (χ3n) is 5.01. The molecule has 0 aliphatic carbocycles. The molecule has 0 saturated carbocycles. The zero-order valence-electron chi connectivity index (χ0n) is 16.5. The Hall–Kier alpha value is -2.92. The summed E-state index contributed by atoms with van der Waals surface area (Å²) < 4.78 is 5.31. The van der Waals surface area contributed by atoms with E-state index in [9.17, 15) is 0 Å². The van der Waals surface area contributed by atoms with Gasteiger partial charge in [0.1, 0.15) is 10.8 Å². The highest BCUT2D eigenvalue weighted by molar-refractivity contribution is 7.15. The first-order valence-corrected chi connectivity index (χ1v) is 10.1. The van der Waals surface area contributed by atoms with E-state index in [-0.39, 0.29) is 5.92 Å². The van der Waals surface area contributed by atoms with E-state index in [1.165, 1.54) is 27.5 Å². The summed E-state index contributed by atoms with van der Waals surface area (Å²) in [6, 6.07) is 19.0. The van der Waals surface area contributed by atoms with Crippen LogP contribution in [0.15, 0.2) is 54.6 Å². The van der Waals surface area contributed by atoms with Crippen molar-refractivity contribution >= 4 is 32.9 Å². The number of nitrogens with zero attached hydrogens (tertiary/aromatic N) is 2. The van der Waals surface area contributed by atoms with Gasteiger partial charge in [-0.2, -0.15) is 0 Å². The lowest BCUT2D eigenvalue weighted by atomic mass is 9.98. The molecule has 0 fully saturated rings. The van der Waals surface area contributed by atoms with Crippen LogP contribution in [0.25, 0.3) is 10.8 Å². The average molecular weight is 390 g/mol. The van der Waals surface area contributed by atoms with Crippen molar-refractivity contribution in [2.24, 2.45) is 0 Å². The number of aromatic nitrogens is 2. The van der Waals surface area contributed by atoms with Crippen molar-refractivity contribution in [3.8, 4) is 5.75 Å². The van der Waals surface area contributed by atoms with Crippen molar-refractivity contribution in [1.29, 1.82) is 0 Å². The molecule has 4 aromatic rings. The Balaban J connectivity index is 1.57. The van der Waals surface area contributed by atoms with Crippen LogP contribution in [0.2, 0.25) is 0 Å². The fourth-order valence-corrected chi connectivity index (χ4v) is 4.15. The van der Waals surface area contributed by atoms with Gasteiger partial charge in [0.05, 0.1) is 7.11 Å². The smallest absolute Gasteiger partial charge is 0.210 e. The lowest BCUT2D eigenvalue weighted by Gasteiger charge is -2.10. The Morgan fingerprint density at radius 3 is 2.50 bits per heavy atom. The van der Waals surface area contributed by atoms with Crippen LogP contribution in [0.4, 0.5) is 10.8 Å². The van der Waals surface area contributed by atoms with Crippen LogP contribution in [0.1, 0.15) is 34.5 Å². The molecule has 3 aromatic carbocycles. The molecular formula is C23H23N3OS. The fraction of sp³-hybridized carbons (Fsp3) is 0.217. The molecule has 0 amide bonds. The van der Waals surface area contributed by atoms with E-state index in [0.717, 1.165) is 21.6 Å². The van der Waals surface area contributed by atoms with Gasteiger partial charge in [-0.1, -0.05) is 60.2 Å². The Morgan fingerprint density at radius 2 is 1.71 bits per heavy atom. The second kappa shape index (κ2) is 7.60. The van der Waals surface area contributed by atoms with Gasteiger partial charge in [0.25, 0.3) is 0 Å². The van der Waals surface area contributed by atoms with Crippen LogP contribution >= 0.6 is 11.3 Å². The number of hydrogen-bond acceptors (Lipinski definition) is 5. The van der Waals surface area contributed by atoms with Crippen LogP contribution in [-0.2, 0) is 0 Å².